The first-order chi connectivity index (χ1) is 20.6. The van der Waals surface area contributed by atoms with Crippen LogP contribution in [0, 0.1) is 5.92 Å². The number of fused-ring (bicyclic) bond motifs is 10. The Morgan fingerprint density at radius 1 is 0.930 bits per heavy atom. The lowest BCUT2D eigenvalue weighted by molar-refractivity contribution is -0.137. The number of hydrogen-bond donors (Lipinski definition) is 4. The summed E-state index contributed by atoms with van der Waals surface area (Å²) in [7, 11) is 3.62. The first-order valence-electron chi connectivity index (χ1n) is 14.4. The van der Waals surface area contributed by atoms with Crippen molar-refractivity contribution in [1.82, 2.24) is 20.9 Å². The van der Waals surface area contributed by atoms with Crippen LogP contribution in [0.4, 0.5) is 0 Å². The maximum absolute atomic E-state index is 14.1. The lowest BCUT2D eigenvalue weighted by Gasteiger charge is -2.34. The van der Waals surface area contributed by atoms with Gasteiger partial charge in [-0.3, -0.25) is 19.3 Å². The minimum Gasteiger partial charge on any atom is -0.487 e. The molecule has 2 aliphatic heterocycles. The number of carbonyl (C=O) groups excluding carboxylic acids is 3. The van der Waals surface area contributed by atoms with Crippen molar-refractivity contribution in [3.63, 3.8) is 0 Å². The molecular weight excluding hydrogens is 544 g/mol. The van der Waals surface area contributed by atoms with Gasteiger partial charge in [-0.1, -0.05) is 86.6 Å². The highest BCUT2D eigenvalue weighted by atomic mass is 16.5. The minimum absolute atomic E-state index is 0.221. The second kappa shape index (κ2) is 14.6. The number of amides is 3. The molecular formula is C34H40N4O5. The number of nitrogens with zero attached hydrogens (tertiary/aromatic N) is 1. The molecule has 0 saturated heterocycles. The topological polar surface area (TPSA) is 120 Å². The van der Waals surface area contributed by atoms with Gasteiger partial charge >= 0.3 is 0 Å². The van der Waals surface area contributed by atoms with E-state index in [0.717, 1.165) is 11.1 Å². The number of aliphatic hydroxyl groups excluding tert-OH is 1. The molecule has 0 aliphatic carbocycles. The van der Waals surface area contributed by atoms with Crippen molar-refractivity contribution < 1.29 is 24.2 Å². The van der Waals surface area contributed by atoms with Gasteiger partial charge in [-0.25, -0.2) is 0 Å². The summed E-state index contributed by atoms with van der Waals surface area (Å²) in [5.41, 5.74) is 2.24. The molecule has 2 bridgehead atoms. The van der Waals surface area contributed by atoms with Gasteiger partial charge in [0.05, 0.1) is 6.04 Å². The number of benzene rings is 3. The Hall–Kier alpha value is -4.47. The number of rotatable bonds is 8. The lowest BCUT2D eigenvalue weighted by Crippen LogP contribution is -2.62. The third kappa shape index (κ3) is 8.30. The van der Waals surface area contributed by atoms with E-state index in [4.69, 9.17) is 4.74 Å². The summed E-state index contributed by atoms with van der Waals surface area (Å²) in [5, 5.41) is 19.6. The lowest BCUT2D eigenvalue weighted by atomic mass is 9.95. The third-order valence-corrected chi connectivity index (χ3v) is 7.45. The van der Waals surface area contributed by atoms with Crippen LogP contribution in [0.3, 0.4) is 0 Å². The molecule has 0 aromatic heterocycles. The molecule has 0 fully saturated rings. The minimum atomic E-state index is -1.36. The summed E-state index contributed by atoms with van der Waals surface area (Å²) in [6.45, 7) is 3.79. The Labute approximate surface area is 252 Å². The van der Waals surface area contributed by atoms with E-state index < -0.39 is 42.1 Å². The van der Waals surface area contributed by atoms with Crippen molar-refractivity contribution in [1.29, 1.82) is 0 Å². The maximum atomic E-state index is 14.1. The standard InChI is InChI=1S/C34H40N4O5/c1-22(2)31-29(37-32(40)27(38(3)4)21-24-11-7-5-8-12-24)34(42)36-28(30(39)25-13-9-6-10-14-25)33(41)35-20-19-23-15-17-26(43-31)18-16-23/h5-20,22,27-31,39H,21H2,1-4H3,(H,35,41)(H,36,42)(H,37,40)/t27-,28+,29-,30-,31-/m0/s1. The molecule has 9 nitrogen and oxygen atoms in total. The van der Waals surface area contributed by atoms with Crippen LogP contribution in [0.15, 0.2) is 91.1 Å². The van der Waals surface area contributed by atoms with Gasteiger partial charge in [0, 0.05) is 6.20 Å². The Balaban J connectivity index is 1.72. The summed E-state index contributed by atoms with van der Waals surface area (Å²) in [6, 6.07) is 22.3. The van der Waals surface area contributed by atoms with Gasteiger partial charge in [0.2, 0.25) is 17.7 Å². The van der Waals surface area contributed by atoms with Gasteiger partial charge < -0.3 is 25.8 Å². The number of carbonyl (C=O) groups is 3. The van der Waals surface area contributed by atoms with Gasteiger partial charge in [-0.05, 0) is 61.3 Å². The fourth-order valence-electron chi connectivity index (χ4n) is 4.98. The Morgan fingerprint density at radius 3 is 2.16 bits per heavy atom. The Bertz CT molecular complexity index is 1390. The number of nitrogens with one attached hydrogen (secondary N) is 3. The van der Waals surface area contributed by atoms with Crippen LogP contribution in [-0.2, 0) is 20.8 Å². The summed E-state index contributed by atoms with van der Waals surface area (Å²) in [4.78, 5) is 43.1. The van der Waals surface area contributed by atoms with Crippen molar-refractivity contribution in [2.75, 3.05) is 14.1 Å². The van der Waals surface area contributed by atoms with E-state index in [1.165, 1.54) is 6.20 Å². The predicted octanol–water partition coefficient (Wildman–Crippen LogP) is 3.07. The molecule has 43 heavy (non-hydrogen) atoms. The first kappa shape index (κ1) is 31.5. The Kier molecular flexibility index (Phi) is 10.7. The van der Waals surface area contributed by atoms with Crippen LogP contribution < -0.4 is 20.7 Å². The molecule has 5 atom stereocenters. The summed E-state index contributed by atoms with van der Waals surface area (Å²) in [5.74, 6) is -1.33. The van der Waals surface area contributed by atoms with Crippen LogP contribution >= 0.6 is 0 Å². The van der Waals surface area contributed by atoms with Crippen LogP contribution in [0.25, 0.3) is 6.08 Å². The molecule has 2 aliphatic rings. The van der Waals surface area contributed by atoms with Crippen molar-refractivity contribution in [2.45, 2.75) is 50.6 Å². The van der Waals surface area contributed by atoms with E-state index in [-0.39, 0.29) is 11.8 Å². The number of hydrogen-bond acceptors (Lipinski definition) is 6. The van der Waals surface area contributed by atoms with Crippen molar-refractivity contribution in [3.05, 3.63) is 108 Å². The molecule has 226 valence electrons. The molecule has 4 N–H and O–H groups in total. The van der Waals surface area contributed by atoms with E-state index >= 15 is 0 Å². The van der Waals surface area contributed by atoms with Crippen molar-refractivity contribution in [3.8, 4) is 5.75 Å². The second-order valence-corrected chi connectivity index (χ2v) is 11.2. The average molecular weight is 585 g/mol. The molecule has 0 saturated carbocycles. The largest absolute Gasteiger partial charge is 0.487 e. The highest BCUT2D eigenvalue weighted by Crippen LogP contribution is 2.22. The van der Waals surface area contributed by atoms with Crippen molar-refractivity contribution in [2.24, 2.45) is 5.92 Å². The molecule has 0 unspecified atom stereocenters. The number of aliphatic hydroxyl groups is 1. The third-order valence-electron chi connectivity index (χ3n) is 7.45. The molecule has 9 heteroatoms. The van der Waals surface area contributed by atoms with Gasteiger partial charge in [0.1, 0.15) is 30.0 Å². The maximum Gasteiger partial charge on any atom is 0.249 e. The van der Waals surface area contributed by atoms with E-state index in [0.29, 0.717) is 17.7 Å². The molecule has 5 rings (SSSR count). The molecule has 3 aromatic carbocycles. The van der Waals surface area contributed by atoms with E-state index in [1.807, 2.05) is 70.4 Å². The van der Waals surface area contributed by atoms with E-state index in [1.54, 1.807) is 53.4 Å². The zero-order valence-electron chi connectivity index (χ0n) is 24.9. The molecule has 3 amide bonds. The Morgan fingerprint density at radius 2 is 1.56 bits per heavy atom. The fourth-order valence-corrected chi connectivity index (χ4v) is 4.98. The zero-order valence-corrected chi connectivity index (χ0v) is 24.9. The summed E-state index contributed by atoms with van der Waals surface area (Å²) < 4.78 is 6.35. The van der Waals surface area contributed by atoms with Crippen LogP contribution in [0.5, 0.6) is 5.75 Å². The fraction of sp³-hybridized carbons (Fsp3) is 0.324. The highest BCUT2D eigenvalue weighted by Gasteiger charge is 2.39. The molecule has 2 heterocycles. The number of ether oxygens (including phenoxy) is 1. The average Bonchev–Trinajstić information content (AvgIpc) is 3.00. The molecule has 3 aromatic rings. The van der Waals surface area contributed by atoms with Crippen LogP contribution in [0.2, 0.25) is 0 Å². The molecule has 0 spiro atoms. The second-order valence-electron chi connectivity index (χ2n) is 11.2. The van der Waals surface area contributed by atoms with Gasteiger partial charge in [0.25, 0.3) is 0 Å². The first-order valence-corrected chi connectivity index (χ1v) is 14.4. The van der Waals surface area contributed by atoms with Gasteiger partial charge in [-0.2, -0.15) is 0 Å². The summed E-state index contributed by atoms with van der Waals surface area (Å²) in [6.07, 6.45) is 1.44. The normalized spacial score (nSPS) is 20.5. The van der Waals surface area contributed by atoms with E-state index in [9.17, 15) is 19.5 Å². The predicted molar refractivity (Wildman–Crippen MR) is 166 cm³/mol. The van der Waals surface area contributed by atoms with Gasteiger partial charge in [-0.15, -0.1) is 0 Å². The van der Waals surface area contributed by atoms with Crippen LogP contribution in [0.1, 0.15) is 36.6 Å². The number of likely N-dealkylation sites (N-methyl/N-ethyl adjacent to an activating group) is 1. The summed E-state index contributed by atoms with van der Waals surface area (Å²) >= 11 is 0. The zero-order chi connectivity index (χ0) is 30.9. The van der Waals surface area contributed by atoms with E-state index in [2.05, 4.69) is 16.0 Å². The van der Waals surface area contributed by atoms with Gasteiger partial charge in [0.15, 0.2) is 0 Å². The monoisotopic (exact) mass is 584 g/mol. The molecule has 0 radical (unpaired) electrons. The quantitative estimate of drug-likeness (QED) is 0.323. The van der Waals surface area contributed by atoms with Crippen molar-refractivity contribution >= 4 is 23.8 Å². The SMILES string of the molecule is CC(C)[C@@H]1Oc2ccc(cc2)C=CNC(=O)[C@@H]([C@@H](O)c2ccccc2)NC(=O)[C@H]1NC(=O)[C@H](Cc1ccccc1)N(C)C. The van der Waals surface area contributed by atoms with Crippen LogP contribution in [-0.4, -0.2) is 66.1 Å². The smallest absolute Gasteiger partial charge is 0.249 e. The highest BCUT2D eigenvalue weighted by molar-refractivity contribution is 5.94.